The lowest BCUT2D eigenvalue weighted by molar-refractivity contribution is -0.126. The van der Waals surface area contributed by atoms with Gasteiger partial charge in [0.1, 0.15) is 13.2 Å². The SMILES string of the molecule is O=C(NCc1ccc2c(c1)OCCO2)C1CC(=O)N(c2ccc3c(c2)OCO3)C1. The second-order valence-electron chi connectivity index (χ2n) is 7.14. The Morgan fingerprint density at radius 1 is 0.966 bits per heavy atom. The summed E-state index contributed by atoms with van der Waals surface area (Å²) in [4.78, 5) is 26.7. The average Bonchev–Trinajstić information content (AvgIpc) is 3.37. The van der Waals surface area contributed by atoms with Gasteiger partial charge in [0.05, 0.1) is 5.92 Å². The summed E-state index contributed by atoms with van der Waals surface area (Å²) in [7, 11) is 0. The molecule has 0 bridgehead atoms. The molecule has 29 heavy (non-hydrogen) atoms. The van der Waals surface area contributed by atoms with Crippen molar-refractivity contribution in [2.45, 2.75) is 13.0 Å². The first kappa shape index (κ1) is 17.7. The van der Waals surface area contributed by atoms with Crippen LogP contribution in [0.5, 0.6) is 23.0 Å². The van der Waals surface area contributed by atoms with E-state index in [9.17, 15) is 9.59 Å². The van der Waals surface area contributed by atoms with Crippen molar-refractivity contribution in [3.8, 4) is 23.0 Å². The fourth-order valence-electron chi connectivity index (χ4n) is 3.72. The van der Waals surface area contributed by atoms with Crippen molar-refractivity contribution in [3.63, 3.8) is 0 Å². The zero-order valence-electron chi connectivity index (χ0n) is 15.7. The highest BCUT2D eigenvalue weighted by molar-refractivity contribution is 6.00. The molecule has 0 saturated carbocycles. The molecule has 0 radical (unpaired) electrons. The van der Waals surface area contributed by atoms with Crippen LogP contribution < -0.4 is 29.2 Å². The number of benzene rings is 2. The summed E-state index contributed by atoms with van der Waals surface area (Å²) < 4.78 is 21.8. The number of carbonyl (C=O) groups excluding carboxylic acids is 2. The van der Waals surface area contributed by atoms with Gasteiger partial charge in [0.25, 0.3) is 0 Å². The van der Waals surface area contributed by atoms with Gasteiger partial charge in [-0.3, -0.25) is 9.59 Å². The number of hydrogen-bond donors (Lipinski definition) is 1. The van der Waals surface area contributed by atoms with Crippen LogP contribution >= 0.6 is 0 Å². The number of ether oxygens (including phenoxy) is 4. The summed E-state index contributed by atoms with van der Waals surface area (Å²) in [6, 6.07) is 11.0. The van der Waals surface area contributed by atoms with Gasteiger partial charge in [0, 0.05) is 31.3 Å². The average molecular weight is 396 g/mol. The Balaban J connectivity index is 1.21. The lowest BCUT2D eigenvalue weighted by Crippen LogP contribution is -2.32. The topological polar surface area (TPSA) is 86.3 Å². The van der Waals surface area contributed by atoms with Crippen molar-refractivity contribution in [3.05, 3.63) is 42.0 Å². The maximum atomic E-state index is 12.6. The molecule has 0 aliphatic carbocycles. The van der Waals surface area contributed by atoms with Gasteiger partial charge in [-0.2, -0.15) is 0 Å². The number of fused-ring (bicyclic) bond motifs is 2. The molecule has 5 rings (SSSR count). The quantitative estimate of drug-likeness (QED) is 0.849. The normalized spacial score (nSPS) is 19.4. The van der Waals surface area contributed by atoms with Gasteiger partial charge in [-0.1, -0.05) is 6.07 Å². The predicted molar refractivity (Wildman–Crippen MR) is 102 cm³/mol. The molecule has 2 aromatic rings. The van der Waals surface area contributed by atoms with Crippen molar-refractivity contribution in [1.29, 1.82) is 0 Å². The Kier molecular flexibility index (Phi) is 4.38. The molecule has 150 valence electrons. The molecule has 0 spiro atoms. The van der Waals surface area contributed by atoms with Crippen LogP contribution in [-0.2, 0) is 16.1 Å². The Labute approximate surface area is 167 Å². The Hall–Kier alpha value is -3.42. The van der Waals surface area contributed by atoms with Crippen LogP contribution in [0.1, 0.15) is 12.0 Å². The molecular weight excluding hydrogens is 376 g/mol. The molecule has 1 atom stereocenters. The van der Waals surface area contributed by atoms with E-state index in [1.165, 1.54) is 0 Å². The minimum Gasteiger partial charge on any atom is -0.486 e. The number of hydrogen-bond acceptors (Lipinski definition) is 6. The number of anilines is 1. The molecule has 1 N–H and O–H groups in total. The Morgan fingerprint density at radius 2 is 1.69 bits per heavy atom. The number of rotatable bonds is 4. The first-order valence-corrected chi connectivity index (χ1v) is 9.53. The van der Waals surface area contributed by atoms with Crippen LogP contribution in [0, 0.1) is 5.92 Å². The molecule has 1 saturated heterocycles. The van der Waals surface area contributed by atoms with Crippen LogP contribution in [0.3, 0.4) is 0 Å². The molecule has 2 aromatic carbocycles. The fourth-order valence-corrected chi connectivity index (χ4v) is 3.72. The molecule has 8 nitrogen and oxygen atoms in total. The monoisotopic (exact) mass is 396 g/mol. The summed E-state index contributed by atoms with van der Waals surface area (Å²) in [5.41, 5.74) is 1.63. The van der Waals surface area contributed by atoms with E-state index in [0.717, 1.165) is 5.56 Å². The molecule has 3 aliphatic rings. The van der Waals surface area contributed by atoms with E-state index in [2.05, 4.69) is 5.32 Å². The summed E-state index contributed by atoms with van der Waals surface area (Å²) >= 11 is 0. The van der Waals surface area contributed by atoms with Crippen molar-refractivity contribution in [2.24, 2.45) is 5.92 Å². The third-order valence-corrected chi connectivity index (χ3v) is 5.24. The third kappa shape index (κ3) is 3.41. The van der Waals surface area contributed by atoms with E-state index >= 15 is 0 Å². The third-order valence-electron chi connectivity index (χ3n) is 5.24. The second-order valence-corrected chi connectivity index (χ2v) is 7.14. The van der Waals surface area contributed by atoms with E-state index in [0.29, 0.717) is 55.0 Å². The number of amides is 2. The van der Waals surface area contributed by atoms with Crippen LogP contribution in [0.15, 0.2) is 36.4 Å². The smallest absolute Gasteiger partial charge is 0.231 e. The van der Waals surface area contributed by atoms with Gasteiger partial charge < -0.3 is 29.2 Å². The Bertz CT molecular complexity index is 976. The second kappa shape index (κ2) is 7.20. The summed E-state index contributed by atoms with van der Waals surface area (Å²) in [6.07, 6.45) is 0.182. The van der Waals surface area contributed by atoms with Crippen molar-refractivity contribution >= 4 is 17.5 Å². The van der Waals surface area contributed by atoms with Crippen LogP contribution in [0.2, 0.25) is 0 Å². The standard InChI is InChI=1S/C21H20N2O6/c24-20-8-14(11-23(20)15-2-4-17-19(9-15)29-12-28-17)21(25)22-10-13-1-3-16-18(7-13)27-6-5-26-16/h1-4,7,9,14H,5-6,8,10-12H2,(H,22,25). The van der Waals surface area contributed by atoms with Gasteiger partial charge in [0.2, 0.25) is 18.6 Å². The minimum absolute atomic E-state index is 0.0802. The maximum absolute atomic E-state index is 12.6. The molecule has 1 fully saturated rings. The largest absolute Gasteiger partial charge is 0.486 e. The summed E-state index contributed by atoms with van der Waals surface area (Å²) in [5.74, 6) is 2.06. The van der Waals surface area contributed by atoms with E-state index < -0.39 is 5.92 Å². The van der Waals surface area contributed by atoms with E-state index in [1.807, 2.05) is 18.2 Å². The zero-order chi connectivity index (χ0) is 19.8. The van der Waals surface area contributed by atoms with Gasteiger partial charge in [-0.25, -0.2) is 0 Å². The predicted octanol–water partition coefficient (Wildman–Crippen LogP) is 1.86. The van der Waals surface area contributed by atoms with Gasteiger partial charge in [0.15, 0.2) is 23.0 Å². The van der Waals surface area contributed by atoms with Crippen LogP contribution in [-0.4, -0.2) is 38.4 Å². The van der Waals surface area contributed by atoms with E-state index in [-0.39, 0.29) is 25.0 Å². The van der Waals surface area contributed by atoms with Crippen LogP contribution in [0.25, 0.3) is 0 Å². The van der Waals surface area contributed by atoms with Crippen molar-refractivity contribution in [1.82, 2.24) is 5.32 Å². The van der Waals surface area contributed by atoms with Gasteiger partial charge >= 0.3 is 0 Å². The first-order chi connectivity index (χ1) is 14.2. The zero-order valence-corrected chi connectivity index (χ0v) is 15.7. The molecule has 1 unspecified atom stereocenters. The van der Waals surface area contributed by atoms with Crippen LogP contribution in [0.4, 0.5) is 5.69 Å². The number of nitrogens with zero attached hydrogens (tertiary/aromatic N) is 1. The highest BCUT2D eigenvalue weighted by atomic mass is 16.7. The molecule has 0 aromatic heterocycles. The van der Waals surface area contributed by atoms with Crippen molar-refractivity contribution < 1.29 is 28.5 Å². The molecule has 8 heteroatoms. The lowest BCUT2D eigenvalue weighted by atomic mass is 10.1. The minimum atomic E-state index is -0.398. The number of carbonyl (C=O) groups is 2. The van der Waals surface area contributed by atoms with Gasteiger partial charge in [-0.15, -0.1) is 0 Å². The lowest BCUT2D eigenvalue weighted by Gasteiger charge is -2.19. The molecule has 2 amide bonds. The highest BCUT2D eigenvalue weighted by Crippen LogP contribution is 2.37. The van der Waals surface area contributed by atoms with E-state index in [4.69, 9.17) is 18.9 Å². The molecule has 3 heterocycles. The molecular formula is C21H20N2O6. The Morgan fingerprint density at radius 3 is 2.59 bits per heavy atom. The molecule has 3 aliphatic heterocycles. The maximum Gasteiger partial charge on any atom is 0.231 e. The highest BCUT2D eigenvalue weighted by Gasteiger charge is 2.35. The number of nitrogens with one attached hydrogen (secondary N) is 1. The summed E-state index contributed by atoms with van der Waals surface area (Å²) in [6.45, 7) is 1.94. The first-order valence-electron chi connectivity index (χ1n) is 9.53. The summed E-state index contributed by atoms with van der Waals surface area (Å²) in [5, 5.41) is 2.92. The van der Waals surface area contributed by atoms with Gasteiger partial charge in [-0.05, 0) is 29.8 Å². The fraction of sp³-hybridized carbons (Fsp3) is 0.333. The van der Waals surface area contributed by atoms with Crippen molar-refractivity contribution in [2.75, 3.05) is 31.5 Å². The van der Waals surface area contributed by atoms with E-state index in [1.54, 1.807) is 23.1 Å².